The number of hydrogen-bond acceptors (Lipinski definition) is 4. The molecular formula is C12H19N5. The zero-order chi connectivity index (χ0) is 12.1. The van der Waals surface area contributed by atoms with Crippen molar-refractivity contribution in [3.05, 3.63) is 12.7 Å². The van der Waals surface area contributed by atoms with Crippen molar-refractivity contribution >= 4 is 0 Å². The average Bonchev–Trinajstić information content (AvgIpc) is 2.90. The highest BCUT2D eigenvalue weighted by Gasteiger charge is 2.36. The first-order chi connectivity index (χ1) is 8.29. The van der Waals surface area contributed by atoms with Crippen LogP contribution in [0.5, 0.6) is 0 Å². The molecule has 2 rings (SSSR count). The van der Waals surface area contributed by atoms with E-state index in [2.05, 4.69) is 28.4 Å². The van der Waals surface area contributed by atoms with Gasteiger partial charge in [0.15, 0.2) is 0 Å². The first kappa shape index (κ1) is 12.1. The van der Waals surface area contributed by atoms with Crippen molar-refractivity contribution in [2.45, 2.75) is 50.6 Å². The summed E-state index contributed by atoms with van der Waals surface area (Å²) < 4.78 is 1.89. The van der Waals surface area contributed by atoms with Gasteiger partial charge in [0, 0.05) is 6.42 Å². The molecule has 5 heteroatoms. The van der Waals surface area contributed by atoms with Crippen LogP contribution in [0.25, 0.3) is 0 Å². The molecule has 0 aromatic carbocycles. The molecule has 92 valence electrons. The lowest BCUT2D eigenvalue weighted by Gasteiger charge is -2.36. The van der Waals surface area contributed by atoms with Crippen LogP contribution < -0.4 is 5.32 Å². The maximum Gasteiger partial charge on any atom is 0.137 e. The van der Waals surface area contributed by atoms with Crippen LogP contribution >= 0.6 is 0 Å². The monoisotopic (exact) mass is 233 g/mol. The van der Waals surface area contributed by atoms with Crippen molar-refractivity contribution in [2.24, 2.45) is 0 Å². The quantitative estimate of drug-likeness (QED) is 0.858. The topological polar surface area (TPSA) is 66.5 Å². The van der Waals surface area contributed by atoms with Gasteiger partial charge in [0.25, 0.3) is 0 Å². The molecule has 1 fully saturated rings. The van der Waals surface area contributed by atoms with Gasteiger partial charge in [0.05, 0.1) is 12.1 Å². The molecule has 1 aliphatic carbocycles. The van der Waals surface area contributed by atoms with Crippen LogP contribution in [-0.2, 0) is 0 Å². The lowest BCUT2D eigenvalue weighted by atomic mass is 9.80. The molecule has 1 aromatic rings. The molecule has 2 unspecified atom stereocenters. The summed E-state index contributed by atoms with van der Waals surface area (Å²) in [6.07, 6.45) is 8.27. The van der Waals surface area contributed by atoms with Gasteiger partial charge in [0.1, 0.15) is 18.2 Å². The SMILES string of the molecule is CCCNC1(C#N)CCCC(n2cncn2)C1. The van der Waals surface area contributed by atoms with E-state index >= 15 is 0 Å². The van der Waals surface area contributed by atoms with E-state index in [1.807, 2.05) is 4.68 Å². The van der Waals surface area contributed by atoms with Gasteiger partial charge in [-0.3, -0.25) is 5.32 Å². The maximum atomic E-state index is 9.43. The third kappa shape index (κ3) is 2.64. The predicted molar refractivity (Wildman–Crippen MR) is 64.2 cm³/mol. The molecule has 1 N–H and O–H groups in total. The second-order valence-electron chi connectivity index (χ2n) is 4.75. The second kappa shape index (κ2) is 5.28. The minimum absolute atomic E-state index is 0.301. The van der Waals surface area contributed by atoms with Gasteiger partial charge in [-0.15, -0.1) is 0 Å². The van der Waals surface area contributed by atoms with Crippen molar-refractivity contribution in [2.75, 3.05) is 6.54 Å². The zero-order valence-electron chi connectivity index (χ0n) is 10.3. The molecule has 0 bridgehead atoms. The van der Waals surface area contributed by atoms with Gasteiger partial charge in [-0.25, -0.2) is 9.67 Å². The normalized spacial score (nSPS) is 28.8. The highest BCUT2D eigenvalue weighted by molar-refractivity contribution is 5.10. The standard InChI is InChI=1S/C12H19N5/c1-2-6-15-12(8-13)5-3-4-11(7-12)17-10-14-9-16-17/h9-11,15H,2-7H2,1H3. The summed E-state index contributed by atoms with van der Waals surface area (Å²) in [6, 6.07) is 2.77. The highest BCUT2D eigenvalue weighted by Crippen LogP contribution is 2.34. The van der Waals surface area contributed by atoms with E-state index in [0.29, 0.717) is 6.04 Å². The lowest BCUT2D eigenvalue weighted by molar-refractivity contribution is 0.220. The molecule has 0 saturated heterocycles. The number of nitriles is 1. The van der Waals surface area contributed by atoms with Crippen LogP contribution in [-0.4, -0.2) is 26.8 Å². The molecule has 0 radical (unpaired) electrons. The Morgan fingerprint density at radius 3 is 3.18 bits per heavy atom. The zero-order valence-corrected chi connectivity index (χ0v) is 10.3. The summed E-state index contributed by atoms with van der Waals surface area (Å²) in [7, 11) is 0. The Labute approximate surface area is 102 Å². The van der Waals surface area contributed by atoms with E-state index in [9.17, 15) is 5.26 Å². The van der Waals surface area contributed by atoms with E-state index < -0.39 is 0 Å². The van der Waals surface area contributed by atoms with Gasteiger partial charge in [-0.1, -0.05) is 6.92 Å². The van der Waals surface area contributed by atoms with E-state index in [1.165, 1.54) is 0 Å². The molecule has 0 amide bonds. The van der Waals surface area contributed by atoms with Gasteiger partial charge in [-0.2, -0.15) is 10.4 Å². The van der Waals surface area contributed by atoms with Crippen LogP contribution in [0.1, 0.15) is 45.1 Å². The summed E-state index contributed by atoms with van der Waals surface area (Å²) in [6.45, 7) is 3.02. The van der Waals surface area contributed by atoms with E-state index in [4.69, 9.17) is 0 Å². The third-order valence-electron chi connectivity index (χ3n) is 3.46. The van der Waals surface area contributed by atoms with Crippen molar-refractivity contribution in [1.82, 2.24) is 20.1 Å². The smallest absolute Gasteiger partial charge is 0.137 e. The number of nitrogens with zero attached hydrogens (tertiary/aromatic N) is 4. The van der Waals surface area contributed by atoms with Crippen LogP contribution in [0.2, 0.25) is 0 Å². The molecule has 1 aromatic heterocycles. The first-order valence-corrected chi connectivity index (χ1v) is 6.30. The van der Waals surface area contributed by atoms with Gasteiger partial charge in [0.2, 0.25) is 0 Å². The predicted octanol–water partition coefficient (Wildman–Crippen LogP) is 1.66. The fourth-order valence-corrected chi connectivity index (χ4v) is 2.54. The van der Waals surface area contributed by atoms with Crippen LogP contribution in [0.3, 0.4) is 0 Å². The molecule has 0 aliphatic heterocycles. The number of aromatic nitrogens is 3. The Morgan fingerprint density at radius 2 is 2.53 bits per heavy atom. The molecule has 2 atom stereocenters. The third-order valence-corrected chi connectivity index (χ3v) is 3.46. The van der Waals surface area contributed by atoms with Gasteiger partial charge >= 0.3 is 0 Å². The Balaban J connectivity index is 2.07. The Morgan fingerprint density at radius 1 is 1.65 bits per heavy atom. The Bertz CT molecular complexity index is 380. The van der Waals surface area contributed by atoms with Crippen LogP contribution in [0.15, 0.2) is 12.7 Å². The van der Waals surface area contributed by atoms with Crippen LogP contribution in [0, 0.1) is 11.3 Å². The molecule has 1 aliphatic rings. The maximum absolute atomic E-state index is 9.43. The summed E-state index contributed by atoms with van der Waals surface area (Å²) >= 11 is 0. The number of nitrogens with one attached hydrogen (secondary N) is 1. The first-order valence-electron chi connectivity index (χ1n) is 6.30. The molecule has 17 heavy (non-hydrogen) atoms. The lowest BCUT2D eigenvalue weighted by Crippen LogP contribution is -2.48. The molecule has 0 spiro atoms. The number of hydrogen-bond donors (Lipinski definition) is 1. The molecule has 5 nitrogen and oxygen atoms in total. The minimum atomic E-state index is -0.370. The highest BCUT2D eigenvalue weighted by atomic mass is 15.3. The fraction of sp³-hybridized carbons (Fsp3) is 0.750. The van der Waals surface area contributed by atoms with Gasteiger partial charge < -0.3 is 0 Å². The van der Waals surface area contributed by atoms with Crippen LogP contribution in [0.4, 0.5) is 0 Å². The second-order valence-corrected chi connectivity index (χ2v) is 4.75. The van der Waals surface area contributed by atoms with E-state index in [1.54, 1.807) is 12.7 Å². The van der Waals surface area contributed by atoms with Crippen molar-refractivity contribution < 1.29 is 0 Å². The van der Waals surface area contributed by atoms with Crippen molar-refractivity contribution in [3.63, 3.8) is 0 Å². The summed E-state index contributed by atoms with van der Waals surface area (Å²) in [5, 5.41) is 17.0. The molecular weight excluding hydrogens is 214 g/mol. The summed E-state index contributed by atoms with van der Waals surface area (Å²) in [5.41, 5.74) is -0.370. The summed E-state index contributed by atoms with van der Waals surface area (Å²) in [5.74, 6) is 0. The Hall–Kier alpha value is -1.41. The summed E-state index contributed by atoms with van der Waals surface area (Å²) in [4.78, 5) is 3.98. The minimum Gasteiger partial charge on any atom is -0.299 e. The molecule has 1 heterocycles. The van der Waals surface area contributed by atoms with Crippen molar-refractivity contribution in [1.29, 1.82) is 5.26 Å². The largest absolute Gasteiger partial charge is 0.299 e. The average molecular weight is 233 g/mol. The fourth-order valence-electron chi connectivity index (χ4n) is 2.54. The number of rotatable bonds is 4. The Kier molecular flexibility index (Phi) is 3.75. The van der Waals surface area contributed by atoms with Crippen molar-refractivity contribution in [3.8, 4) is 6.07 Å². The van der Waals surface area contributed by atoms with E-state index in [0.717, 1.165) is 38.6 Å². The molecule has 1 saturated carbocycles. The van der Waals surface area contributed by atoms with E-state index in [-0.39, 0.29) is 5.54 Å². The van der Waals surface area contributed by atoms with Gasteiger partial charge in [-0.05, 0) is 32.2 Å².